The number of para-hydroxylation sites is 1. The van der Waals surface area contributed by atoms with Gasteiger partial charge < -0.3 is 5.11 Å². The summed E-state index contributed by atoms with van der Waals surface area (Å²) in [4.78, 5) is 11.2. The lowest BCUT2D eigenvalue weighted by molar-refractivity contribution is -0.387. The average Bonchev–Trinajstić information content (AvgIpc) is 2.52. The van der Waals surface area contributed by atoms with Gasteiger partial charge in [0, 0.05) is 17.4 Å². The van der Waals surface area contributed by atoms with Crippen molar-refractivity contribution in [2.75, 3.05) is 6.61 Å². The SMILES string of the molecule is O=[N+]([O-])c1ccccc1SCc1ccc(C#CCO)cc1. The van der Waals surface area contributed by atoms with E-state index in [0.717, 1.165) is 11.1 Å². The van der Waals surface area contributed by atoms with Crippen LogP contribution in [0.1, 0.15) is 11.1 Å². The van der Waals surface area contributed by atoms with Crippen molar-refractivity contribution in [3.05, 3.63) is 69.8 Å². The molecule has 0 aliphatic carbocycles. The van der Waals surface area contributed by atoms with Crippen LogP contribution in [0.5, 0.6) is 0 Å². The smallest absolute Gasteiger partial charge is 0.282 e. The van der Waals surface area contributed by atoms with E-state index in [-0.39, 0.29) is 17.2 Å². The summed E-state index contributed by atoms with van der Waals surface area (Å²) in [7, 11) is 0. The number of nitro benzene ring substituents is 1. The molecule has 0 aliphatic heterocycles. The molecule has 0 atom stereocenters. The Labute approximate surface area is 127 Å². The van der Waals surface area contributed by atoms with Crippen molar-refractivity contribution in [3.63, 3.8) is 0 Å². The monoisotopic (exact) mass is 299 g/mol. The van der Waals surface area contributed by atoms with E-state index in [2.05, 4.69) is 11.8 Å². The molecule has 106 valence electrons. The highest BCUT2D eigenvalue weighted by Gasteiger charge is 2.12. The van der Waals surface area contributed by atoms with Crippen molar-refractivity contribution in [1.29, 1.82) is 0 Å². The Kier molecular flexibility index (Phi) is 5.38. The molecular formula is C16H13NO3S. The van der Waals surface area contributed by atoms with Gasteiger partial charge in [0.05, 0.1) is 9.82 Å². The first-order valence-electron chi connectivity index (χ1n) is 6.25. The van der Waals surface area contributed by atoms with Gasteiger partial charge in [0.2, 0.25) is 0 Å². The molecule has 0 aliphatic rings. The third kappa shape index (κ3) is 4.35. The van der Waals surface area contributed by atoms with Crippen LogP contribution in [0.4, 0.5) is 5.69 Å². The lowest BCUT2D eigenvalue weighted by atomic mass is 10.1. The van der Waals surface area contributed by atoms with Crippen LogP contribution in [0, 0.1) is 22.0 Å². The Morgan fingerprint density at radius 1 is 1.14 bits per heavy atom. The van der Waals surface area contributed by atoms with Crippen LogP contribution in [-0.2, 0) is 5.75 Å². The minimum absolute atomic E-state index is 0.132. The fourth-order valence-corrected chi connectivity index (χ4v) is 2.70. The molecule has 0 saturated heterocycles. The molecular weight excluding hydrogens is 286 g/mol. The zero-order valence-electron chi connectivity index (χ0n) is 11.2. The molecule has 0 bridgehead atoms. The topological polar surface area (TPSA) is 63.4 Å². The van der Waals surface area contributed by atoms with Crippen LogP contribution in [-0.4, -0.2) is 16.6 Å². The van der Waals surface area contributed by atoms with Crippen molar-refractivity contribution in [2.24, 2.45) is 0 Å². The number of nitro groups is 1. The summed E-state index contributed by atoms with van der Waals surface area (Å²) in [6, 6.07) is 14.3. The number of aliphatic hydroxyl groups is 1. The Morgan fingerprint density at radius 2 is 1.86 bits per heavy atom. The van der Waals surface area contributed by atoms with Crippen molar-refractivity contribution in [3.8, 4) is 11.8 Å². The van der Waals surface area contributed by atoms with E-state index < -0.39 is 0 Å². The average molecular weight is 299 g/mol. The predicted molar refractivity (Wildman–Crippen MR) is 83.1 cm³/mol. The van der Waals surface area contributed by atoms with E-state index in [4.69, 9.17) is 5.11 Å². The highest BCUT2D eigenvalue weighted by atomic mass is 32.2. The van der Waals surface area contributed by atoms with Crippen molar-refractivity contribution in [2.45, 2.75) is 10.6 Å². The Hall–Kier alpha value is -2.29. The molecule has 0 radical (unpaired) electrons. The standard InChI is InChI=1S/C16H13NO3S/c18-11-3-4-13-7-9-14(10-8-13)12-21-16-6-2-1-5-15(16)17(19)20/h1-2,5-10,18H,11-12H2. The molecule has 2 aromatic rings. The molecule has 0 amide bonds. The lowest BCUT2D eigenvalue weighted by Gasteiger charge is -2.03. The molecule has 2 rings (SSSR count). The van der Waals surface area contributed by atoms with Gasteiger partial charge in [-0.1, -0.05) is 36.1 Å². The van der Waals surface area contributed by atoms with E-state index in [1.54, 1.807) is 18.2 Å². The summed E-state index contributed by atoms with van der Waals surface area (Å²) < 4.78 is 0. The minimum atomic E-state index is -0.365. The maximum Gasteiger partial charge on any atom is 0.282 e. The molecule has 5 heteroatoms. The van der Waals surface area contributed by atoms with Crippen molar-refractivity contribution in [1.82, 2.24) is 0 Å². The van der Waals surface area contributed by atoms with Crippen LogP contribution in [0.2, 0.25) is 0 Å². The molecule has 0 spiro atoms. The second-order valence-electron chi connectivity index (χ2n) is 4.17. The first kappa shape index (κ1) is 15.1. The Bertz CT molecular complexity index is 687. The van der Waals surface area contributed by atoms with Crippen LogP contribution in [0.15, 0.2) is 53.4 Å². The molecule has 1 N–H and O–H groups in total. The van der Waals surface area contributed by atoms with E-state index >= 15 is 0 Å². The number of aliphatic hydroxyl groups excluding tert-OH is 1. The molecule has 0 saturated carbocycles. The van der Waals surface area contributed by atoms with Gasteiger partial charge in [0.15, 0.2) is 0 Å². The van der Waals surface area contributed by atoms with E-state index in [1.807, 2.05) is 24.3 Å². The molecule has 0 unspecified atom stereocenters. The molecule has 0 fully saturated rings. The zero-order valence-corrected chi connectivity index (χ0v) is 12.0. The quantitative estimate of drug-likeness (QED) is 0.407. The minimum Gasteiger partial charge on any atom is -0.384 e. The fourth-order valence-electron chi connectivity index (χ4n) is 1.72. The number of hydrogen-bond acceptors (Lipinski definition) is 4. The number of rotatable bonds is 4. The number of hydrogen-bond donors (Lipinski definition) is 1. The van der Waals surface area contributed by atoms with Gasteiger partial charge in [-0.2, -0.15) is 0 Å². The number of thioether (sulfide) groups is 1. The first-order valence-corrected chi connectivity index (χ1v) is 7.24. The maximum atomic E-state index is 10.9. The van der Waals surface area contributed by atoms with Gasteiger partial charge >= 0.3 is 0 Å². The summed E-state index contributed by atoms with van der Waals surface area (Å²) in [5.74, 6) is 6.06. The van der Waals surface area contributed by atoms with Gasteiger partial charge in [-0.15, -0.1) is 11.8 Å². The van der Waals surface area contributed by atoms with Gasteiger partial charge in [-0.3, -0.25) is 10.1 Å². The predicted octanol–water partition coefficient (Wildman–Crippen LogP) is 3.23. The van der Waals surface area contributed by atoms with Crippen LogP contribution in [0.25, 0.3) is 0 Å². The lowest BCUT2D eigenvalue weighted by Crippen LogP contribution is -1.90. The molecule has 21 heavy (non-hydrogen) atoms. The second-order valence-corrected chi connectivity index (χ2v) is 5.19. The van der Waals surface area contributed by atoms with E-state index in [0.29, 0.717) is 10.6 Å². The summed E-state index contributed by atoms with van der Waals surface area (Å²) in [5.41, 5.74) is 2.03. The number of nitrogens with zero attached hydrogens (tertiary/aromatic N) is 1. The largest absolute Gasteiger partial charge is 0.384 e. The van der Waals surface area contributed by atoms with E-state index in [9.17, 15) is 10.1 Å². The highest BCUT2D eigenvalue weighted by Crippen LogP contribution is 2.31. The third-order valence-corrected chi connectivity index (χ3v) is 3.86. The van der Waals surface area contributed by atoms with Gasteiger partial charge in [0.25, 0.3) is 5.69 Å². The third-order valence-electron chi connectivity index (χ3n) is 2.72. The zero-order chi connectivity index (χ0) is 15.1. The highest BCUT2D eigenvalue weighted by molar-refractivity contribution is 7.98. The Balaban J connectivity index is 2.05. The number of benzene rings is 2. The second kappa shape index (κ2) is 7.48. The summed E-state index contributed by atoms with van der Waals surface area (Å²) in [6.07, 6.45) is 0. The molecule has 0 heterocycles. The van der Waals surface area contributed by atoms with Crippen molar-refractivity contribution < 1.29 is 10.0 Å². The maximum absolute atomic E-state index is 10.9. The van der Waals surface area contributed by atoms with Gasteiger partial charge in [-0.25, -0.2) is 0 Å². The first-order chi connectivity index (χ1) is 10.2. The van der Waals surface area contributed by atoms with Gasteiger partial charge in [-0.05, 0) is 23.8 Å². The molecule has 0 aromatic heterocycles. The van der Waals surface area contributed by atoms with Crippen LogP contribution >= 0.6 is 11.8 Å². The summed E-state index contributed by atoms with van der Waals surface area (Å²) in [6.45, 7) is -0.157. The van der Waals surface area contributed by atoms with Crippen LogP contribution < -0.4 is 0 Å². The van der Waals surface area contributed by atoms with E-state index in [1.165, 1.54) is 17.8 Å². The fraction of sp³-hybridized carbons (Fsp3) is 0.125. The summed E-state index contributed by atoms with van der Waals surface area (Å²) >= 11 is 1.43. The summed E-state index contributed by atoms with van der Waals surface area (Å²) in [5, 5.41) is 19.6. The van der Waals surface area contributed by atoms with Crippen molar-refractivity contribution >= 4 is 17.4 Å². The van der Waals surface area contributed by atoms with Crippen LogP contribution in [0.3, 0.4) is 0 Å². The molecule has 2 aromatic carbocycles. The normalized spacial score (nSPS) is 9.76. The van der Waals surface area contributed by atoms with Gasteiger partial charge in [0.1, 0.15) is 6.61 Å². The Morgan fingerprint density at radius 3 is 2.52 bits per heavy atom. The molecule has 4 nitrogen and oxygen atoms in total.